The Morgan fingerprint density at radius 3 is 2.78 bits per heavy atom. The lowest BCUT2D eigenvalue weighted by Crippen LogP contribution is -2.12. The molecule has 0 aliphatic rings. The van der Waals surface area contributed by atoms with Crippen LogP contribution in [0.25, 0.3) is 0 Å². The molecule has 0 aliphatic carbocycles. The van der Waals surface area contributed by atoms with Crippen molar-refractivity contribution >= 4 is 12.1 Å². The van der Waals surface area contributed by atoms with Gasteiger partial charge in [-0.05, 0) is 13.0 Å². The van der Waals surface area contributed by atoms with Crippen LogP contribution in [0.5, 0.6) is 0 Å². The van der Waals surface area contributed by atoms with E-state index in [9.17, 15) is 0 Å². The van der Waals surface area contributed by atoms with Crippen molar-refractivity contribution in [1.29, 1.82) is 0 Å². The molecule has 3 nitrogen and oxygen atoms in total. The maximum atomic E-state index is 3.82. The second-order valence-electron chi connectivity index (χ2n) is 1.43. The molecule has 0 atom stereocenters. The van der Waals surface area contributed by atoms with E-state index < -0.39 is 0 Å². The predicted molar refractivity (Wildman–Crippen MR) is 40.9 cm³/mol. The van der Waals surface area contributed by atoms with E-state index in [1.54, 1.807) is 19.3 Å². The SMILES string of the molecule is C=C/C=N\NC(C)=NC. The lowest BCUT2D eigenvalue weighted by Gasteiger charge is -1.92. The third-order valence-corrected chi connectivity index (χ3v) is 0.742. The van der Waals surface area contributed by atoms with Crippen LogP contribution in [0.4, 0.5) is 0 Å². The second kappa shape index (κ2) is 5.03. The number of nitrogens with one attached hydrogen (secondary N) is 1. The summed E-state index contributed by atoms with van der Waals surface area (Å²) in [6.07, 6.45) is 3.16. The van der Waals surface area contributed by atoms with Gasteiger partial charge in [-0.25, -0.2) is 0 Å². The molecule has 0 aromatic rings. The number of amidine groups is 1. The van der Waals surface area contributed by atoms with E-state index in [4.69, 9.17) is 0 Å². The van der Waals surface area contributed by atoms with Crippen LogP contribution in [-0.4, -0.2) is 19.1 Å². The predicted octanol–water partition coefficient (Wildman–Crippen LogP) is 0.796. The van der Waals surface area contributed by atoms with Crippen LogP contribution in [0, 0.1) is 0 Å². The highest BCUT2D eigenvalue weighted by Crippen LogP contribution is 1.66. The summed E-state index contributed by atoms with van der Waals surface area (Å²) in [4.78, 5) is 3.82. The molecule has 0 fully saturated rings. The Morgan fingerprint density at radius 1 is 1.67 bits per heavy atom. The van der Waals surface area contributed by atoms with E-state index >= 15 is 0 Å². The molecule has 50 valence electrons. The van der Waals surface area contributed by atoms with Gasteiger partial charge in [0.25, 0.3) is 0 Å². The molecule has 0 aliphatic heterocycles. The lowest BCUT2D eigenvalue weighted by atomic mass is 10.7. The number of hydrazone groups is 1. The Kier molecular flexibility index (Phi) is 4.40. The number of allylic oxidation sites excluding steroid dienone is 1. The summed E-state index contributed by atoms with van der Waals surface area (Å²) < 4.78 is 0. The van der Waals surface area contributed by atoms with E-state index in [0.717, 1.165) is 5.84 Å². The lowest BCUT2D eigenvalue weighted by molar-refractivity contribution is 1.02. The van der Waals surface area contributed by atoms with Crippen molar-refractivity contribution in [3.8, 4) is 0 Å². The summed E-state index contributed by atoms with van der Waals surface area (Å²) in [6.45, 7) is 5.29. The first-order valence-corrected chi connectivity index (χ1v) is 2.64. The monoisotopic (exact) mass is 125 g/mol. The molecule has 0 aromatic heterocycles. The first-order chi connectivity index (χ1) is 4.31. The molecule has 1 N–H and O–H groups in total. The van der Waals surface area contributed by atoms with Crippen molar-refractivity contribution in [1.82, 2.24) is 5.43 Å². The Morgan fingerprint density at radius 2 is 2.33 bits per heavy atom. The highest BCUT2D eigenvalue weighted by molar-refractivity contribution is 5.80. The second-order valence-corrected chi connectivity index (χ2v) is 1.43. The van der Waals surface area contributed by atoms with Gasteiger partial charge in [-0.2, -0.15) is 5.10 Å². The van der Waals surface area contributed by atoms with Crippen molar-refractivity contribution in [3.63, 3.8) is 0 Å². The van der Waals surface area contributed by atoms with E-state index in [2.05, 4.69) is 22.1 Å². The number of hydrogen-bond donors (Lipinski definition) is 1. The molecule has 3 heteroatoms. The van der Waals surface area contributed by atoms with Crippen LogP contribution in [0.15, 0.2) is 22.7 Å². The van der Waals surface area contributed by atoms with Gasteiger partial charge in [-0.3, -0.25) is 10.4 Å². The highest BCUT2D eigenvalue weighted by atomic mass is 15.3. The molecular weight excluding hydrogens is 114 g/mol. The van der Waals surface area contributed by atoms with Crippen molar-refractivity contribution in [2.24, 2.45) is 10.1 Å². The molecular formula is C6H11N3. The zero-order chi connectivity index (χ0) is 7.11. The number of hydrogen-bond acceptors (Lipinski definition) is 2. The molecule has 0 heterocycles. The summed E-state index contributed by atoms with van der Waals surface area (Å²) in [5.41, 5.74) is 2.68. The fraction of sp³-hybridized carbons (Fsp3) is 0.333. The van der Waals surface area contributed by atoms with Gasteiger partial charge >= 0.3 is 0 Å². The summed E-state index contributed by atoms with van der Waals surface area (Å²) in [5, 5.41) is 3.74. The number of aliphatic imine (C=N–C) groups is 1. The smallest absolute Gasteiger partial charge is 0.113 e. The molecule has 0 saturated heterocycles. The van der Waals surface area contributed by atoms with Crippen LogP contribution in [-0.2, 0) is 0 Å². The minimum Gasteiger partial charge on any atom is -0.275 e. The largest absolute Gasteiger partial charge is 0.275 e. The molecule has 0 unspecified atom stereocenters. The van der Waals surface area contributed by atoms with Gasteiger partial charge in [0, 0.05) is 13.3 Å². The molecule has 9 heavy (non-hydrogen) atoms. The highest BCUT2D eigenvalue weighted by Gasteiger charge is 1.77. The standard InChI is InChI=1S/C6H11N3/c1-4-5-8-9-6(2)7-3/h4-5H,1H2,2-3H3,(H,7,9)/b8-5-. The average molecular weight is 125 g/mol. The molecule has 0 spiro atoms. The summed E-state index contributed by atoms with van der Waals surface area (Å²) in [6, 6.07) is 0. The summed E-state index contributed by atoms with van der Waals surface area (Å²) in [5.74, 6) is 0.785. The third-order valence-electron chi connectivity index (χ3n) is 0.742. The molecule has 0 radical (unpaired) electrons. The number of rotatable bonds is 2. The first kappa shape index (κ1) is 7.88. The minimum atomic E-state index is 0.785. The fourth-order valence-corrected chi connectivity index (χ4v) is 0.233. The molecule has 0 saturated carbocycles. The Balaban J connectivity index is 3.50. The van der Waals surface area contributed by atoms with Crippen LogP contribution >= 0.6 is 0 Å². The minimum absolute atomic E-state index is 0.785. The Labute approximate surface area is 55.2 Å². The van der Waals surface area contributed by atoms with Crippen LogP contribution in [0.2, 0.25) is 0 Å². The molecule has 0 aromatic carbocycles. The van der Waals surface area contributed by atoms with Gasteiger partial charge in [0.15, 0.2) is 0 Å². The maximum absolute atomic E-state index is 3.82. The number of nitrogens with zero attached hydrogens (tertiary/aromatic N) is 2. The first-order valence-electron chi connectivity index (χ1n) is 2.64. The Hall–Kier alpha value is -1.12. The van der Waals surface area contributed by atoms with Gasteiger partial charge in [0.1, 0.15) is 5.84 Å². The van der Waals surface area contributed by atoms with Gasteiger partial charge in [-0.1, -0.05) is 6.58 Å². The zero-order valence-corrected chi connectivity index (χ0v) is 5.76. The van der Waals surface area contributed by atoms with E-state index in [-0.39, 0.29) is 0 Å². The van der Waals surface area contributed by atoms with Crippen LogP contribution in [0.3, 0.4) is 0 Å². The van der Waals surface area contributed by atoms with Crippen molar-refractivity contribution in [3.05, 3.63) is 12.7 Å². The molecule has 0 rings (SSSR count). The normalized spacial score (nSPS) is 12.0. The fourth-order valence-electron chi connectivity index (χ4n) is 0.233. The van der Waals surface area contributed by atoms with Crippen LogP contribution in [0.1, 0.15) is 6.92 Å². The van der Waals surface area contributed by atoms with Gasteiger partial charge < -0.3 is 0 Å². The summed E-state index contributed by atoms with van der Waals surface area (Å²) >= 11 is 0. The van der Waals surface area contributed by atoms with E-state index in [1.165, 1.54) is 0 Å². The van der Waals surface area contributed by atoms with Gasteiger partial charge in [0.05, 0.1) is 0 Å². The molecule has 0 bridgehead atoms. The average Bonchev–Trinajstić information content (AvgIpc) is 1.89. The quantitative estimate of drug-likeness (QED) is 0.331. The van der Waals surface area contributed by atoms with Gasteiger partial charge in [0.2, 0.25) is 0 Å². The molecule has 0 amide bonds. The van der Waals surface area contributed by atoms with Crippen molar-refractivity contribution in [2.75, 3.05) is 7.05 Å². The van der Waals surface area contributed by atoms with Crippen molar-refractivity contribution < 1.29 is 0 Å². The van der Waals surface area contributed by atoms with E-state index in [1.807, 2.05) is 6.92 Å². The van der Waals surface area contributed by atoms with Gasteiger partial charge in [-0.15, -0.1) is 0 Å². The third kappa shape index (κ3) is 4.74. The Bertz CT molecular complexity index is 135. The van der Waals surface area contributed by atoms with Crippen LogP contribution < -0.4 is 5.43 Å². The zero-order valence-electron chi connectivity index (χ0n) is 5.76. The topological polar surface area (TPSA) is 36.8 Å². The summed E-state index contributed by atoms with van der Waals surface area (Å²) in [7, 11) is 1.70. The van der Waals surface area contributed by atoms with Crippen molar-refractivity contribution in [2.45, 2.75) is 6.92 Å². The maximum Gasteiger partial charge on any atom is 0.113 e. The van der Waals surface area contributed by atoms with E-state index in [0.29, 0.717) is 0 Å².